The Morgan fingerprint density at radius 2 is 2.23 bits per heavy atom. The maximum Gasteiger partial charge on any atom is 0.303 e. The van der Waals surface area contributed by atoms with Crippen LogP contribution in [0.4, 0.5) is 0 Å². The van der Waals surface area contributed by atoms with Gasteiger partial charge in [-0.25, -0.2) is 0 Å². The summed E-state index contributed by atoms with van der Waals surface area (Å²) in [4.78, 5) is 10.2. The number of carboxylic acids is 1. The summed E-state index contributed by atoms with van der Waals surface area (Å²) >= 11 is 0. The van der Waals surface area contributed by atoms with Gasteiger partial charge in [-0.3, -0.25) is 9.48 Å². The van der Waals surface area contributed by atoms with Crippen LogP contribution in [0.1, 0.15) is 25.7 Å². The van der Waals surface area contributed by atoms with Crippen LogP contribution in [0, 0.1) is 0 Å². The van der Waals surface area contributed by atoms with Crippen molar-refractivity contribution in [2.45, 2.75) is 32.2 Å². The second-order valence-corrected chi connectivity index (χ2v) is 2.87. The number of aryl methyl sites for hydroxylation is 1. The molecule has 13 heavy (non-hydrogen) atoms. The van der Waals surface area contributed by atoms with Crippen LogP contribution in [0.3, 0.4) is 0 Å². The van der Waals surface area contributed by atoms with Gasteiger partial charge in [0.15, 0.2) is 0 Å². The molecule has 0 aliphatic heterocycles. The Kier molecular flexibility index (Phi) is 3.95. The fraction of sp³-hybridized carbons (Fsp3) is 0.625. The smallest absolute Gasteiger partial charge is 0.303 e. The number of nitrogens with zero attached hydrogens (tertiary/aromatic N) is 3. The number of aromatic nitrogens is 3. The summed E-state index contributed by atoms with van der Waals surface area (Å²) in [5.74, 6) is -0.722. The fourth-order valence-electron chi connectivity index (χ4n) is 1.08. The molecule has 1 N–H and O–H groups in total. The lowest BCUT2D eigenvalue weighted by molar-refractivity contribution is -0.137. The number of rotatable bonds is 6. The Hall–Kier alpha value is -1.39. The van der Waals surface area contributed by atoms with E-state index in [9.17, 15) is 4.79 Å². The fourth-order valence-corrected chi connectivity index (χ4v) is 1.08. The van der Waals surface area contributed by atoms with Crippen LogP contribution in [0.5, 0.6) is 0 Å². The van der Waals surface area contributed by atoms with E-state index in [1.165, 1.54) is 0 Å². The van der Waals surface area contributed by atoms with Crippen LogP contribution in [-0.4, -0.2) is 26.1 Å². The topological polar surface area (TPSA) is 68.0 Å². The Morgan fingerprint density at radius 1 is 1.38 bits per heavy atom. The third kappa shape index (κ3) is 4.25. The van der Waals surface area contributed by atoms with Crippen LogP contribution >= 0.6 is 0 Å². The van der Waals surface area contributed by atoms with E-state index in [4.69, 9.17) is 5.11 Å². The van der Waals surface area contributed by atoms with E-state index < -0.39 is 5.97 Å². The summed E-state index contributed by atoms with van der Waals surface area (Å²) in [5, 5.41) is 15.8. The maximum atomic E-state index is 10.2. The summed E-state index contributed by atoms with van der Waals surface area (Å²) < 4.78 is 1.75. The molecule has 1 aromatic heterocycles. The number of hydrogen-bond acceptors (Lipinski definition) is 3. The Balaban J connectivity index is 1.99. The zero-order valence-electron chi connectivity index (χ0n) is 7.39. The Labute approximate surface area is 76.4 Å². The Bertz CT molecular complexity index is 246. The van der Waals surface area contributed by atoms with E-state index in [2.05, 4.69) is 10.3 Å². The molecule has 5 nitrogen and oxygen atoms in total. The molecule has 72 valence electrons. The molecule has 0 aliphatic carbocycles. The van der Waals surface area contributed by atoms with Gasteiger partial charge in [-0.1, -0.05) is 11.6 Å². The number of hydrogen-bond donors (Lipinski definition) is 1. The molecule has 1 heterocycles. The molecule has 0 spiro atoms. The van der Waals surface area contributed by atoms with Crippen molar-refractivity contribution in [3.63, 3.8) is 0 Å². The summed E-state index contributed by atoms with van der Waals surface area (Å²) in [6.07, 6.45) is 6.32. The zero-order chi connectivity index (χ0) is 9.52. The van der Waals surface area contributed by atoms with Gasteiger partial charge in [0.25, 0.3) is 0 Å². The lowest BCUT2D eigenvalue weighted by Gasteiger charge is -1.98. The van der Waals surface area contributed by atoms with Crippen molar-refractivity contribution in [2.24, 2.45) is 0 Å². The molecular formula is C8H13N3O2. The van der Waals surface area contributed by atoms with Crippen LogP contribution in [0.2, 0.25) is 0 Å². The molecule has 0 aliphatic rings. The normalized spacial score (nSPS) is 10.2. The molecule has 0 saturated heterocycles. The molecule has 0 unspecified atom stereocenters. The van der Waals surface area contributed by atoms with E-state index >= 15 is 0 Å². The third-order valence-electron chi connectivity index (χ3n) is 1.75. The van der Waals surface area contributed by atoms with E-state index in [-0.39, 0.29) is 6.42 Å². The molecule has 0 radical (unpaired) electrons. The van der Waals surface area contributed by atoms with Gasteiger partial charge < -0.3 is 5.11 Å². The van der Waals surface area contributed by atoms with E-state index in [0.29, 0.717) is 0 Å². The van der Waals surface area contributed by atoms with Crippen LogP contribution < -0.4 is 0 Å². The minimum atomic E-state index is -0.722. The molecule has 5 heteroatoms. The molecule has 0 atom stereocenters. The molecule has 0 fully saturated rings. The van der Waals surface area contributed by atoms with Gasteiger partial charge >= 0.3 is 5.97 Å². The van der Waals surface area contributed by atoms with Crippen LogP contribution in [-0.2, 0) is 11.3 Å². The first-order chi connectivity index (χ1) is 6.29. The molecule has 0 bridgehead atoms. The van der Waals surface area contributed by atoms with Gasteiger partial charge in [-0.05, 0) is 12.8 Å². The first-order valence-corrected chi connectivity index (χ1v) is 4.35. The molecule has 1 aromatic rings. The van der Waals surface area contributed by atoms with Gasteiger partial charge in [0.1, 0.15) is 0 Å². The average Bonchev–Trinajstić information content (AvgIpc) is 2.55. The minimum absolute atomic E-state index is 0.261. The highest BCUT2D eigenvalue weighted by molar-refractivity contribution is 5.66. The lowest BCUT2D eigenvalue weighted by atomic mass is 10.2. The van der Waals surface area contributed by atoms with Crippen molar-refractivity contribution in [3.8, 4) is 0 Å². The van der Waals surface area contributed by atoms with Crippen molar-refractivity contribution in [2.75, 3.05) is 0 Å². The number of unbranched alkanes of at least 4 members (excludes halogenated alkanes) is 2. The van der Waals surface area contributed by atoms with Gasteiger partial charge in [0.05, 0.1) is 6.20 Å². The highest BCUT2D eigenvalue weighted by atomic mass is 16.4. The molecule has 0 saturated carbocycles. The van der Waals surface area contributed by atoms with E-state index in [0.717, 1.165) is 25.8 Å². The summed E-state index contributed by atoms with van der Waals surface area (Å²) in [6, 6.07) is 0. The summed E-state index contributed by atoms with van der Waals surface area (Å²) in [7, 11) is 0. The SMILES string of the molecule is O=C(O)CCCCCn1ccnn1. The van der Waals surface area contributed by atoms with E-state index in [1.807, 2.05) is 0 Å². The number of aliphatic carboxylic acids is 1. The van der Waals surface area contributed by atoms with Gasteiger partial charge in [-0.2, -0.15) is 0 Å². The lowest BCUT2D eigenvalue weighted by Crippen LogP contribution is -1.99. The van der Waals surface area contributed by atoms with Crippen LogP contribution in [0.15, 0.2) is 12.4 Å². The van der Waals surface area contributed by atoms with E-state index in [1.54, 1.807) is 17.1 Å². The highest BCUT2D eigenvalue weighted by Crippen LogP contribution is 2.01. The van der Waals surface area contributed by atoms with Crippen molar-refractivity contribution in [1.29, 1.82) is 0 Å². The second-order valence-electron chi connectivity index (χ2n) is 2.87. The molecule has 0 amide bonds. The van der Waals surface area contributed by atoms with Crippen LogP contribution in [0.25, 0.3) is 0 Å². The third-order valence-corrected chi connectivity index (χ3v) is 1.75. The first kappa shape index (κ1) is 9.70. The number of carboxylic acid groups (broad SMARTS) is 1. The highest BCUT2D eigenvalue weighted by Gasteiger charge is 1.96. The summed E-state index contributed by atoms with van der Waals surface area (Å²) in [5.41, 5.74) is 0. The predicted octanol–water partition coefficient (Wildman–Crippen LogP) is 0.923. The van der Waals surface area contributed by atoms with Crippen molar-refractivity contribution < 1.29 is 9.90 Å². The minimum Gasteiger partial charge on any atom is -0.481 e. The predicted molar refractivity (Wildman–Crippen MR) is 46.1 cm³/mol. The summed E-state index contributed by atoms with van der Waals surface area (Å²) in [6.45, 7) is 0.819. The largest absolute Gasteiger partial charge is 0.481 e. The average molecular weight is 183 g/mol. The zero-order valence-corrected chi connectivity index (χ0v) is 7.39. The monoisotopic (exact) mass is 183 g/mol. The van der Waals surface area contributed by atoms with Crippen molar-refractivity contribution in [1.82, 2.24) is 15.0 Å². The van der Waals surface area contributed by atoms with Gasteiger partial charge in [0, 0.05) is 19.2 Å². The molecule has 0 aromatic carbocycles. The van der Waals surface area contributed by atoms with Gasteiger partial charge in [0.2, 0.25) is 0 Å². The molecule has 1 rings (SSSR count). The number of carbonyl (C=O) groups is 1. The second kappa shape index (κ2) is 5.29. The standard InChI is InChI=1S/C8H13N3O2/c12-8(13)4-2-1-3-6-11-7-5-9-10-11/h5,7H,1-4,6H2,(H,12,13). The van der Waals surface area contributed by atoms with Crippen molar-refractivity contribution in [3.05, 3.63) is 12.4 Å². The van der Waals surface area contributed by atoms with Gasteiger partial charge in [-0.15, -0.1) is 5.10 Å². The van der Waals surface area contributed by atoms with Crippen molar-refractivity contribution >= 4 is 5.97 Å². The molecular weight excluding hydrogens is 170 g/mol. The first-order valence-electron chi connectivity index (χ1n) is 4.35. The maximum absolute atomic E-state index is 10.2. The quantitative estimate of drug-likeness (QED) is 0.666. The Morgan fingerprint density at radius 3 is 2.85 bits per heavy atom.